The van der Waals surface area contributed by atoms with Crippen LogP contribution in [0.25, 0.3) is 10.9 Å². The highest BCUT2D eigenvalue weighted by Crippen LogP contribution is 2.32. The number of benzene rings is 1. The Morgan fingerprint density at radius 1 is 1.37 bits per heavy atom. The molecule has 0 saturated carbocycles. The number of aryl methyl sites for hydroxylation is 1. The van der Waals surface area contributed by atoms with E-state index in [2.05, 4.69) is 0 Å². The van der Waals surface area contributed by atoms with Crippen LogP contribution in [0, 0.1) is 0 Å². The van der Waals surface area contributed by atoms with Crippen LogP contribution in [0.3, 0.4) is 0 Å². The molecule has 2 nitrogen and oxygen atoms in total. The molecule has 0 aliphatic carbocycles. The molecule has 0 N–H and O–H groups in total. The molecule has 7 heteroatoms. The van der Waals surface area contributed by atoms with E-state index in [-0.39, 0.29) is 5.39 Å². The van der Waals surface area contributed by atoms with Gasteiger partial charge in [0.25, 0.3) is 0 Å². The van der Waals surface area contributed by atoms with E-state index in [0.717, 1.165) is 6.20 Å². The van der Waals surface area contributed by atoms with E-state index in [4.69, 9.17) is 11.6 Å². The molecular formula is C12H8ClF4NO. The topological polar surface area (TPSA) is 22.0 Å². The number of nitrogens with zero attached hydrogens (tertiary/aromatic N) is 1. The van der Waals surface area contributed by atoms with E-state index < -0.39 is 23.7 Å². The number of halogens is 5. The molecule has 19 heavy (non-hydrogen) atoms. The standard InChI is InChI=1S/C12H8ClF4NO/c1-18-5-8(10(19)12(16,17)11(14)15)7-3-2-6(13)4-9(7)18/h2-5,11H,1H3. The monoisotopic (exact) mass is 293 g/mol. The molecule has 102 valence electrons. The first-order valence-electron chi connectivity index (χ1n) is 5.20. The number of Topliss-reactive ketones (excluding diaryl/α,β-unsaturated/α-hetero) is 1. The number of carbonyl (C=O) groups is 1. The molecule has 2 rings (SSSR count). The van der Waals surface area contributed by atoms with Crippen LogP contribution in [-0.4, -0.2) is 22.7 Å². The Bertz CT molecular complexity index is 650. The number of hydrogen-bond donors (Lipinski definition) is 0. The number of rotatable bonds is 3. The van der Waals surface area contributed by atoms with E-state index >= 15 is 0 Å². The largest absolute Gasteiger partial charge is 0.368 e. The third-order valence-electron chi connectivity index (χ3n) is 2.77. The molecule has 0 atom stereocenters. The lowest BCUT2D eigenvalue weighted by molar-refractivity contribution is -0.0957. The molecular weight excluding hydrogens is 286 g/mol. The van der Waals surface area contributed by atoms with Gasteiger partial charge in [-0.05, 0) is 12.1 Å². The van der Waals surface area contributed by atoms with Crippen LogP contribution in [0.1, 0.15) is 10.4 Å². The number of fused-ring (bicyclic) bond motifs is 1. The summed E-state index contributed by atoms with van der Waals surface area (Å²) in [7, 11) is 1.51. The molecule has 0 aliphatic heterocycles. The predicted octanol–water partition coefficient (Wildman–Crippen LogP) is 3.91. The summed E-state index contributed by atoms with van der Waals surface area (Å²) in [6.45, 7) is 0. The zero-order valence-corrected chi connectivity index (χ0v) is 10.4. The Kier molecular flexibility index (Phi) is 3.30. The first-order valence-corrected chi connectivity index (χ1v) is 5.58. The van der Waals surface area contributed by atoms with Gasteiger partial charge in [0.15, 0.2) is 0 Å². The first-order chi connectivity index (χ1) is 8.75. The van der Waals surface area contributed by atoms with E-state index in [1.54, 1.807) is 0 Å². The zero-order chi connectivity index (χ0) is 14.4. The van der Waals surface area contributed by atoms with Gasteiger partial charge in [-0.3, -0.25) is 4.79 Å². The van der Waals surface area contributed by atoms with Crippen molar-refractivity contribution in [2.24, 2.45) is 7.05 Å². The predicted molar refractivity (Wildman–Crippen MR) is 63.2 cm³/mol. The van der Waals surface area contributed by atoms with Gasteiger partial charge in [0, 0.05) is 34.7 Å². The molecule has 0 bridgehead atoms. The fourth-order valence-corrected chi connectivity index (χ4v) is 1.98. The Morgan fingerprint density at radius 2 is 2.00 bits per heavy atom. The van der Waals surface area contributed by atoms with Crippen molar-refractivity contribution >= 4 is 28.3 Å². The molecule has 0 fully saturated rings. The number of carbonyl (C=O) groups excluding carboxylic acids is 1. The van der Waals surface area contributed by atoms with Crippen LogP contribution in [0.15, 0.2) is 24.4 Å². The third-order valence-corrected chi connectivity index (χ3v) is 3.01. The molecule has 1 aromatic heterocycles. The summed E-state index contributed by atoms with van der Waals surface area (Å²) in [5.41, 5.74) is -0.0274. The van der Waals surface area contributed by atoms with Crippen LogP contribution >= 0.6 is 11.6 Å². The average Bonchev–Trinajstić information content (AvgIpc) is 2.65. The maximum Gasteiger partial charge on any atom is 0.368 e. The fourth-order valence-electron chi connectivity index (χ4n) is 1.82. The Labute approximate surface area is 110 Å². The van der Waals surface area contributed by atoms with E-state index in [9.17, 15) is 22.4 Å². The van der Waals surface area contributed by atoms with Crippen LogP contribution in [0.4, 0.5) is 17.6 Å². The highest BCUT2D eigenvalue weighted by Gasteiger charge is 2.49. The zero-order valence-electron chi connectivity index (χ0n) is 9.63. The summed E-state index contributed by atoms with van der Waals surface area (Å²) in [6, 6.07) is 4.22. The minimum Gasteiger partial charge on any atom is -0.350 e. The van der Waals surface area contributed by atoms with Crippen molar-refractivity contribution < 1.29 is 22.4 Å². The molecule has 0 unspecified atom stereocenters. The smallest absolute Gasteiger partial charge is 0.350 e. The molecule has 0 amide bonds. The van der Waals surface area contributed by atoms with E-state index in [1.807, 2.05) is 0 Å². The summed E-state index contributed by atoms with van der Waals surface area (Å²) in [6.07, 6.45) is -2.94. The van der Waals surface area contributed by atoms with Crippen LogP contribution in [0.5, 0.6) is 0 Å². The van der Waals surface area contributed by atoms with Crippen molar-refractivity contribution in [3.63, 3.8) is 0 Å². The molecule has 1 heterocycles. The highest BCUT2D eigenvalue weighted by molar-refractivity contribution is 6.31. The van der Waals surface area contributed by atoms with Crippen molar-refractivity contribution in [2.45, 2.75) is 12.3 Å². The number of aromatic nitrogens is 1. The van der Waals surface area contributed by atoms with Crippen LogP contribution in [0.2, 0.25) is 5.02 Å². The second-order valence-electron chi connectivity index (χ2n) is 4.07. The molecule has 0 aliphatic rings. The summed E-state index contributed by atoms with van der Waals surface area (Å²) in [5.74, 6) is -6.59. The number of ketones is 1. The lowest BCUT2D eigenvalue weighted by atomic mass is 10.0. The normalized spacial score (nSPS) is 12.4. The first kappa shape index (κ1) is 13.9. The van der Waals surface area contributed by atoms with Gasteiger partial charge in [-0.15, -0.1) is 0 Å². The van der Waals surface area contributed by atoms with Gasteiger partial charge in [-0.2, -0.15) is 8.78 Å². The quantitative estimate of drug-likeness (QED) is 0.621. The van der Waals surface area contributed by atoms with Crippen molar-refractivity contribution in [2.75, 3.05) is 0 Å². The van der Waals surface area contributed by atoms with Gasteiger partial charge in [-0.25, -0.2) is 8.78 Å². The summed E-state index contributed by atoms with van der Waals surface area (Å²) < 4.78 is 52.0. The fraction of sp³-hybridized carbons (Fsp3) is 0.250. The van der Waals surface area contributed by atoms with Crippen molar-refractivity contribution in [1.29, 1.82) is 0 Å². The lowest BCUT2D eigenvalue weighted by Crippen LogP contribution is -2.36. The van der Waals surface area contributed by atoms with Gasteiger partial charge in [0.1, 0.15) is 0 Å². The average molecular weight is 294 g/mol. The minimum absolute atomic E-state index is 0.164. The highest BCUT2D eigenvalue weighted by atomic mass is 35.5. The second kappa shape index (κ2) is 4.52. The molecule has 1 aromatic carbocycles. The summed E-state index contributed by atoms with van der Waals surface area (Å²) in [4.78, 5) is 11.5. The van der Waals surface area contributed by atoms with Crippen LogP contribution < -0.4 is 0 Å². The number of alkyl halides is 4. The maximum absolute atomic E-state index is 13.1. The SMILES string of the molecule is Cn1cc(C(=O)C(F)(F)C(F)F)c2ccc(Cl)cc21. The lowest BCUT2D eigenvalue weighted by Gasteiger charge is -2.12. The molecule has 0 spiro atoms. The van der Waals surface area contributed by atoms with Crippen LogP contribution in [-0.2, 0) is 7.05 Å². The van der Waals surface area contributed by atoms with Gasteiger partial charge >= 0.3 is 12.3 Å². The summed E-state index contributed by atoms with van der Waals surface area (Å²) >= 11 is 5.75. The van der Waals surface area contributed by atoms with Gasteiger partial charge in [0.2, 0.25) is 5.78 Å². The van der Waals surface area contributed by atoms with Crippen molar-refractivity contribution in [3.8, 4) is 0 Å². The van der Waals surface area contributed by atoms with Gasteiger partial charge < -0.3 is 4.57 Å². The van der Waals surface area contributed by atoms with E-state index in [0.29, 0.717) is 10.5 Å². The maximum atomic E-state index is 13.1. The third kappa shape index (κ3) is 2.20. The Hall–Kier alpha value is -1.56. The minimum atomic E-state index is -4.70. The van der Waals surface area contributed by atoms with Gasteiger partial charge in [-0.1, -0.05) is 17.7 Å². The molecule has 0 saturated heterocycles. The van der Waals surface area contributed by atoms with Crippen molar-refractivity contribution in [3.05, 3.63) is 35.0 Å². The van der Waals surface area contributed by atoms with Gasteiger partial charge in [0.05, 0.1) is 0 Å². The number of hydrogen-bond acceptors (Lipinski definition) is 1. The van der Waals surface area contributed by atoms with Crippen molar-refractivity contribution in [1.82, 2.24) is 4.57 Å². The Morgan fingerprint density at radius 3 is 2.58 bits per heavy atom. The van der Waals surface area contributed by atoms with E-state index in [1.165, 1.54) is 29.8 Å². The molecule has 2 aromatic rings. The summed E-state index contributed by atoms with van der Waals surface area (Å²) in [5, 5.41) is 0.519. The Balaban J connectivity index is 2.61. The molecule has 0 radical (unpaired) electrons. The second-order valence-corrected chi connectivity index (χ2v) is 4.50.